The van der Waals surface area contributed by atoms with Gasteiger partial charge in [-0.1, -0.05) is 11.6 Å². The predicted octanol–water partition coefficient (Wildman–Crippen LogP) is 1.15. The summed E-state index contributed by atoms with van der Waals surface area (Å²) in [7, 11) is 1.60. The Morgan fingerprint density at radius 1 is 1.50 bits per heavy atom. The molecule has 0 unspecified atom stereocenters. The third-order valence-corrected chi connectivity index (χ3v) is 2.04. The summed E-state index contributed by atoms with van der Waals surface area (Å²) in [4.78, 5) is 11.4. The summed E-state index contributed by atoms with van der Waals surface area (Å²) in [5.41, 5.74) is -0.0546. The third kappa shape index (κ3) is 1.97. The number of aromatic hydroxyl groups is 2. The van der Waals surface area contributed by atoms with Gasteiger partial charge in [0.1, 0.15) is 0 Å². The van der Waals surface area contributed by atoms with E-state index >= 15 is 0 Å². The molecule has 0 spiro atoms. The molecule has 4 nitrogen and oxygen atoms in total. The van der Waals surface area contributed by atoms with Crippen molar-refractivity contribution in [1.29, 1.82) is 0 Å². The van der Waals surface area contributed by atoms with Gasteiger partial charge in [0.15, 0.2) is 17.3 Å². The van der Waals surface area contributed by atoms with Crippen LogP contribution in [0.15, 0.2) is 12.1 Å². The number of halogens is 1. The highest BCUT2D eigenvalue weighted by Crippen LogP contribution is 2.33. The SMILES string of the molecule is CNCC(=O)c1c(Cl)ccc(O)c1O. The van der Waals surface area contributed by atoms with E-state index in [1.165, 1.54) is 12.1 Å². The number of ketones is 1. The number of likely N-dealkylation sites (N-methyl/N-ethyl adjacent to an activating group) is 1. The Morgan fingerprint density at radius 2 is 2.14 bits per heavy atom. The number of phenols is 2. The van der Waals surface area contributed by atoms with E-state index in [2.05, 4.69) is 5.32 Å². The lowest BCUT2D eigenvalue weighted by molar-refractivity contribution is 0.0990. The lowest BCUT2D eigenvalue weighted by atomic mass is 10.1. The van der Waals surface area contributed by atoms with Crippen LogP contribution in [0.4, 0.5) is 0 Å². The molecule has 5 heteroatoms. The molecule has 0 fully saturated rings. The molecule has 3 N–H and O–H groups in total. The van der Waals surface area contributed by atoms with Gasteiger partial charge in [-0.25, -0.2) is 0 Å². The van der Waals surface area contributed by atoms with E-state index < -0.39 is 5.75 Å². The molecule has 0 aromatic heterocycles. The minimum Gasteiger partial charge on any atom is -0.504 e. The molecule has 0 aliphatic heterocycles. The average molecular weight is 216 g/mol. The molecule has 1 aromatic rings. The van der Waals surface area contributed by atoms with E-state index in [9.17, 15) is 9.90 Å². The maximum Gasteiger partial charge on any atom is 0.181 e. The van der Waals surface area contributed by atoms with Gasteiger partial charge in [-0.3, -0.25) is 4.79 Å². The second kappa shape index (κ2) is 4.30. The zero-order valence-electron chi connectivity index (χ0n) is 7.54. The van der Waals surface area contributed by atoms with Crippen molar-refractivity contribution in [2.45, 2.75) is 0 Å². The van der Waals surface area contributed by atoms with Gasteiger partial charge in [-0.15, -0.1) is 0 Å². The zero-order chi connectivity index (χ0) is 10.7. The maximum absolute atomic E-state index is 11.4. The standard InChI is InChI=1S/C9H10ClNO3/c1-11-4-7(13)8-5(10)2-3-6(12)9(8)14/h2-3,11-12,14H,4H2,1H3. The third-order valence-electron chi connectivity index (χ3n) is 1.72. The average Bonchev–Trinajstić information content (AvgIpc) is 2.13. The number of Topliss-reactive ketones (excluding diaryl/α,β-unsaturated/α-hetero) is 1. The van der Waals surface area contributed by atoms with Crippen molar-refractivity contribution in [3.05, 3.63) is 22.7 Å². The van der Waals surface area contributed by atoms with Crippen LogP contribution in [-0.4, -0.2) is 29.6 Å². The molecular formula is C9H10ClNO3. The molecular weight excluding hydrogens is 206 g/mol. The van der Waals surface area contributed by atoms with Gasteiger partial charge in [0.05, 0.1) is 17.1 Å². The minimum atomic E-state index is -0.474. The van der Waals surface area contributed by atoms with E-state index in [1.807, 2.05) is 0 Å². The van der Waals surface area contributed by atoms with Crippen LogP contribution >= 0.6 is 11.6 Å². The Bertz CT molecular complexity index is 365. The first-order chi connectivity index (χ1) is 6.57. The molecule has 0 radical (unpaired) electrons. The summed E-state index contributed by atoms with van der Waals surface area (Å²) in [6, 6.07) is 2.59. The molecule has 0 aliphatic rings. The zero-order valence-corrected chi connectivity index (χ0v) is 8.30. The topological polar surface area (TPSA) is 69.6 Å². The second-order valence-electron chi connectivity index (χ2n) is 2.74. The Balaban J connectivity index is 3.18. The monoisotopic (exact) mass is 215 g/mol. The van der Waals surface area contributed by atoms with Gasteiger partial charge < -0.3 is 15.5 Å². The first-order valence-corrected chi connectivity index (χ1v) is 4.34. The fraction of sp³-hybridized carbons (Fsp3) is 0.222. The first-order valence-electron chi connectivity index (χ1n) is 3.96. The van der Waals surface area contributed by atoms with E-state index in [0.29, 0.717) is 0 Å². The number of hydrogen-bond donors (Lipinski definition) is 3. The molecule has 76 valence electrons. The number of carbonyl (C=O) groups is 1. The van der Waals surface area contributed by atoms with Gasteiger partial charge in [-0.2, -0.15) is 0 Å². The van der Waals surface area contributed by atoms with E-state index in [0.717, 1.165) is 0 Å². The molecule has 1 aromatic carbocycles. The van der Waals surface area contributed by atoms with Crippen LogP contribution in [0.1, 0.15) is 10.4 Å². The van der Waals surface area contributed by atoms with Crippen molar-refractivity contribution in [2.75, 3.05) is 13.6 Å². The number of phenolic OH excluding ortho intramolecular Hbond substituents is 2. The largest absolute Gasteiger partial charge is 0.504 e. The van der Waals surface area contributed by atoms with E-state index in [1.54, 1.807) is 7.05 Å². The normalized spacial score (nSPS) is 10.1. The van der Waals surface area contributed by atoms with Crippen LogP contribution in [0.25, 0.3) is 0 Å². The summed E-state index contributed by atoms with van der Waals surface area (Å²) < 4.78 is 0. The lowest BCUT2D eigenvalue weighted by Crippen LogP contribution is -2.18. The van der Waals surface area contributed by atoms with Gasteiger partial charge in [0.25, 0.3) is 0 Å². The van der Waals surface area contributed by atoms with Gasteiger partial charge in [0.2, 0.25) is 0 Å². The number of carbonyl (C=O) groups excluding carboxylic acids is 1. The van der Waals surface area contributed by atoms with Crippen molar-refractivity contribution in [1.82, 2.24) is 5.32 Å². The highest BCUT2D eigenvalue weighted by atomic mass is 35.5. The molecule has 0 heterocycles. The highest BCUT2D eigenvalue weighted by Gasteiger charge is 2.17. The number of hydrogen-bond acceptors (Lipinski definition) is 4. The second-order valence-corrected chi connectivity index (χ2v) is 3.15. The highest BCUT2D eigenvalue weighted by molar-refractivity contribution is 6.34. The number of benzene rings is 1. The predicted molar refractivity (Wildman–Crippen MR) is 53.0 cm³/mol. The minimum absolute atomic E-state index is 0.0523. The Kier molecular flexibility index (Phi) is 3.33. The molecule has 14 heavy (non-hydrogen) atoms. The van der Waals surface area contributed by atoms with Crippen LogP contribution in [0, 0.1) is 0 Å². The molecule has 0 aliphatic carbocycles. The van der Waals surface area contributed by atoms with Crippen LogP contribution in [0.5, 0.6) is 11.5 Å². The quantitative estimate of drug-likeness (QED) is 0.523. The van der Waals surface area contributed by atoms with Crippen LogP contribution in [0.2, 0.25) is 5.02 Å². The molecule has 0 amide bonds. The summed E-state index contributed by atoms with van der Waals surface area (Å²) >= 11 is 5.71. The van der Waals surface area contributed by atoms with Crippen molar-refractivity contribution in [3.8, 4) is 11.5 Å². The fourth-order valence-corrected chi connectivity index (χ4v) is 1.33. The summed E-state index contributed by atoms with van der Waals surface area (Å²) in [5, 5.41) is 21.3. The Labute approximate surface area is 86.1 Å². The Hall–Kier alpha value is -1.26. The fourth-order valence-electron chi connectivity index (χ4n) is 1.07. The van der Waals surface area contributed by atoms with Gasteiger partial charge >= 0.3 is 0 Å². The molecule has 0 atom stereocenters. The molecule has 1 rings (SSSR count). The smallest absolute Gasteiger partial charge is 0.181 e. The van der Waals surface area contributed by atoms with Crippen LogP contribution < -0.4 is 5.32 Å². The van der Waals surface area contributed by atoms with Crippen molar-refractivity contribution in [2.24, 2.45) is 0 Å². The van der Waals surface area contributed by atoms with Gasteiger partial charge in [-0.05, 0) is 19.2 Å². The molecule has 0 saturated carbocycles. The lowest BCUT2D eigenvalue weighted by Gasteiger charge is -2.06. The van der Waals surface area contributed by atoms with E-state index in [4.69, 9.17) is 16.7 Å². The van der Waals surface area contributed by atoms with Crippen molar-refractivity contribution < 1.29 is 15.0 Å². The van der Waals surface area contributed by atoms with Gasteiger partial charge in [0, 0.05) is 0 Å². The summed E-state index contributed by atoms with van der Waals surface area (Å²) in [6.07, 6.45) is 0. The summed E-state index contributed by atoms with van der Waals surface area (Å²) in [5.74, 6) is -1.20. The summed E-state index contributed by atoms with van der Waals surface area (Å²) in [6.45, 7) is 0.0523. The van der Waals surface area contributed by atoms with Crippen LogP contribution in [0.3, 0.4) is 0 Å². The maximum atomic E-state index is 11.4. The van der Waals surface area contributed by atoms with Crippen molar-refractivity contribution >= 4 is 17.4 Å². The number of rotatable bonds is 3. The van der Waals surface area contributed by atoms with Crippen molar-refractivity contribution in [3.63, 3.8) is 0 Å². The first kappa shape index (κ1) is 10.8. The Morgan fingerprint density at radius 3 is 2.71 bits per heavy atom. The molecule has 0 bridgehead atoms. The molecule has 0 saturated heterocycles. The number of nitrogens with one attached hydrogen (secondary N) is 1. The van der Waals surface area contributed by atoms with E-state index in [-0.39, 0.29) is 28.7 Å². The van der Waals surface area contributed by atoms with Crippen LogP contribution in [-0.2, 0) is 0 Å².